The van der Waals surface area contributed by atoms with E-state index < -0.39 is 4.92 Å². The van der Waals surface area contributed by atoms with Crippen LogP contribution in [0.3, 0.4) is 0 Å². The Bertz CT molecular complexity index is 742. The second kappa shape index (κ2) is 7.31. The molecule has 0 unspecified atom stereocenters. The number of rotatable bonds is 5. The fraction of sp³-hybridized carbons (Fsp3) is 0.118. The van der Waals surface area contributed by atoms with E-state index in [1.807, 2.05) is 0 Å². The maximum atomic E-state index is 12.9. The SMILES string of the molecule is C[C@H](NC(=O)/C=C/c1ccccc1[N+](=O)[O-])c1ccc(F)cc1. The zero-order valence-electron chi connectivity index (χ0n) is 12.4. The summed E-state index contributed by atoms with van der Waals surface area (Å²) in [6, 6.07) is 11.7. The van der Waals surface area contributed by atoms with Gasteiger partial charge in [-0.05, 0) is 36.8 Å². The average Bonchev–Trinajstić information content (AvgIpc) is 2.53. The number of halogens is 1. The molecule has 2 rings (SSSR count). The van der Waals surface area contributed by atoms with Gasteiger partial charge in [0.15, 0.2) is 0 Å². The molecule has 0 saturated heterocycles. The molecule has 6 heteroatoms. The molecule has 0 aromatic heterocycles. The fourth-order valence-electron chi connectivity index (χ4n) is 2.06. The molecule has 0 heterocycles. The highest BCUT2D eigenvalue weighted by Gasteiger charge is 2.11. The molecule has 0 fully saturated rings. The van der Waals surface area contributed by atoms with Crippen molar-refractivity contribution in [3.05, 3.63) is 81.7 Å². The number of nitrogens with one attached hydrogen (secondary N) is 1. The number of amides is 1. The van der Waals surface area contributed by atoms with Crippen LogP contribution in [0.2, 0.25) is 0 Å². The number of para-hydroxylation sites is 1. The van der Waals surface area contributed by atoms with Crippen LogP contribution in [0.25, 0.3) is 6.08 Å². The summed E-state index contributed by atoms with van der Waals surface area (Å²) in [6.45, 7) is 1.77. The van der Waals surface area contributed by atoms with Crippen molar-refractivity contribution in [1.29, 1.82) is 0 Å². The van der Waals surface area contributed by atoms with Gasteiger partial charge in [-0.15, -0.1) is 0 Å². The van der Waals surface area contributed by atoms with Crippen molar-refractivity contribution in [2.75, 3.05) is 0 Å². The number of nitro benzene ring substituents is 1. The third-order valence-corrected chi connectivity index (χ3v) is 3.28. The lowest BCUT2D eigenvalue weighted by Gasteiger charge is -2.12. The molecule has 0 aliphatic carbocycles. The molecule has 118 valence electrons. The Morgan fingerprint density at radius 2 is 1.87 bits per heavy atom. The Morgan fingerprint density at radius 1 is 1.22 bits per heavy atom. The molecule has 23 heavy (non-hydrogen) atoms. The van der Waals surface area contributed by atoms with Gasteiger partial charge in [0.2, 0.25) is 5.91 Å². The minimum Gasteiger partial charge on any atom is -0.346 e. The third kappa shape index (κ3) is 4.47. The normalized spacial score (nSPS) is 12.1. The molecule has 0 radical (unpaired) electrons. The van der Waals surface area contributed by atoms with Crippen molar-refractivity contribution in [2.45, 2.75) is 13.0 Å². The highest BCUT2D eigenvalue weighted by molar-refractivity contribution is 5.92. The van der Waals surface area contributed by atoms with Gasteiger partial charge >= 0.3 is 0 Å². The highest BCUT2D eigenvalue weighted by atomic mass is 19.1. The van der Waals surface area contributed by atoms with Crippen LogP contribution in [-0.2, 0) is 4.79 Å². The highest BCUT2D eigenvalue weighted by Crippen LogP contribution is 2.19. The molecule has 2 aromatic carbocycles. The van der Waals surface area contributed by atoms with E-state index in [2.05, 4.69) is 5.32 Å². The van der Waals surface area contributed by atoms with Crippen LogP contribution in [0.5, 0.6) is 0 Å². The van der Waals surface area contributed by atoms with E-state index in [0.717, 1.165) is 5.56 Å². The van der Waals surface area contributed by atoms with Crippen molar-refractivity contribution < 1.29 is 14.1 Å². The quantitative estimate of drug-likeness (QED) is 0.520. The molecular weight excluding hydrogens is 299 g/mol. The van der Waals surface area contributed by atoms with E-state index in [1.54, 1.807) is 37.3 Å². The summed E-state index contributed by atoms with van der Waals surface area (Å²) in [5, 5.41) is 13.6. The first-order chi connectivity index (χ1) is 11.0. The van der Waals surface area contributed by atoms with Gasteiger partial charge in [-0.2, -0.15) is 0 Å². The van der Waals surface area contributed by atoms with E-state index in [0.29, 0.717) is 5.56 Å². The smallest absolute Gasteiger partial charge is 0.276 e. The number of nitrogens with zero attached hydrogens (tertiary/aromatic N) is 1. The maximum Gasteiger partial charge on any atom is 0.276 e. The second-order valence-corrected chi connectivity index (χ2v) is 4.93. The molecule has 0 spiro atoms. The Hall–Kier alpha value is -3.02. The zero-order valence-corrected chi connectivity index (χ0v) is 12.4. The predicted octanol–water partition coefficient (Wildman–Crippen LogP) is 3.62. The summed E-state index contributed by atoms with van der Waals surface area (Å²) >= 11 is 0. The summed E-state index contributed by atoms with van der Waals surface area (Å²) in [5.74, 6) is -0.733. The van der Waals surface area contributed by atoms with Gasteiger partial charge in [0.1, 0.15) is 5.82 Å². The van der Waals surface area contributed by atoms with Crippen molar-refractivity contribution in [3.63, 3.8) is 0 Å². The van der Waals surface area contributed by atoms with E-state index in [9.17, 15) is 19.3 Å². The Morgan fingerprint density at radius 3 is 2.52 bits per heavy atom. The number of hydrogen-bond acceptors (Lipinski definition) is 3. The van der Waals surface area contributed by atoms with Crippen molar-refractivity contribution in [2.24, 2.45) is 0 Å². The lowest BCUT2D eigenvalue weighted by atomic mass is 10.1. The molecular formula is C17H15FN2O3. The van der Waals surface area contributed by atoms with Crippen LogP contribution in [0, 0.1) is 15.9 Å². The van der Waals surface area contributed by atoms with Crippen LogP contribution >= 0.6 is 0 Å². The number of hydrogen-bond donors (Lipinski definition) is 1. The number of carbonyl (C=O) groups is 1. The Labute approximate surface area is 132 Å². The van der Waals surface area contributed by atoms with Crippen LogP contribution in [0.15, 0.2) is 54.6 Å². The van der Waals surface area contributed by atoms with Gasteiger partial charge in [-0.1, -0.05) is 24.3 Å². The van der Waals surface area contributed by atoms with Crippen LogP contribution in [0.4, 0.5) is 10.1 Å². The average molecular weight is 314 g/mol. The molecule has 1 atom stereocenters. The number of benzene rings is 2. The van der Waals surface area contributed by atoms with Crippen LogP contribution in [0.1, 0.15) is 24.1 Å². The topological polar surface area (TPSA) is 72.2 Å². The van der Waals surface area contributed by atoms with Gasteiger partial charge in [0.05, 0.1) is 16.5 Å². The maximum absolute atomic E-state index is 12.9. The van der Waals surface area contributed by atoms with Gasteiger partial charge in [0, 0.05) is 12.1 Å². The number of carbonyl (C=O) groups excluding carboxylic acids is 1. The van der Waals surface area contributed by atoms with Gasteiger partial charge in [-0.3, -0.25) is 14.9 Å². The van der Waals surface area contributed by atoms with E-state index in [4.69, 9.17) is 0 Å². The zero-order chi connectivity index (χ0) is 16.8. The van der Waals surface area contributed by atoms with Crippen LogP contribution in [-0.4, -0.2) is 10.8 Å². The summed E-state index contributed by atoms with van der Waals surface area (Å²) in [7, 11) is 0. The first-order valence-electron chi connectivity index (χ1n) is 6.95. The summed E-state index contributed by atoms with van der Waals surface area (Å²) in [4.78, 5) is 22.3. The first-order valence-corrected chi connectivity index (χ1v) is 6.95. The molecule has 2 aromatic rings. The van der Waals surface area contributed by atoms with Crippen molar-refractivity contribution in [3.8, 4) is 0 Å². The third-order valence-electron chi connectivity index (χ3n) is 3.28. The Balaban J connectivity index is 2.04. The molecule has 0 aliphatic rings. The molecule has 1 amide bonds. The minimum absolute atomic E-state index is 0.0665. The standard InChI is InChI=1S/C17H15FN2O3/c1-12(13-6-9-15(18)10-7-13)19-17(21)11-8-14-4-2-3-5-16(14)20(22)23/h2-12H,1H3,(H,19,21)/b11-8+/t12-/m0/s1. The lowest BCUT2D eigenvalue weighted by Crippen LogP contribution is -2.24. The van der Waals surface area contributed by atoms with E-state index >= 15 is 0 Å². The van der Waals surface area contributed by atoms with Crippen LogP contribution < -0.4 is 5.32 Å². The first kappa shape index (κ1) is 16.4. The molecule has 5 nitrogen and oxygen atoms in total. The predicted molar refractivity (Wildman–Crippen MR) is 85.1 cm³/mol. The van der Waals surface area contributed by atoms with Gasteiger partial charge in [-0.25, -0.2) is 4.39 Å². The Kier molecular flexibility index (Phi) is 5.19. The molecule has 0 aliphatic heterocycles. The monoisotopic (exact) mass is 314 g/mol. The lowest BCUT2D eigenvalue weighted by molar-refractivity contribution is -0.385. The largest absolute Gasteiger partial charge is 0.346 e. The van der Waals surface area contributed by atoms with E-state index in [1.165, 1.54) is 30.4 Å². The van der Waals surface area contributed by atoms with Crippen molar-refractivity contribution in [1.82, 2.24) is 5.32 Å². The summed E-state index contributed by atoms with van der Waals surface area (Å²) in [5.41, 5.74) is 1.05. The van der Waals surface area contributed by atoms with E-state index in [-0.39, 0.29) is 23.5 Å². The summed E-state index contributed by atoms with van der Waals surface area (Å²) in [6.07, 6.45) is 2.63. The molecule has 0 bridgehead atoms. The van der Waals surface area contributed by atoms with Gasteiger partial charge in [0.25, 0.3) is 5.69 Å². The number of nitro groups is 1. The fourth-order valence-corrected chi connectivity index (χ4v) is 2.06. The summed E-state index contributed by atoms with van der Waals surface area (Å²) < 4.78 is 12.9. The molecule has 1 N–H and O–H groups in total. The van der Waals surface area contributed by atoms with Crippen molar-refractivity contribution >= 4 is 17.7 Å². The minimum atomic E-state index is -0.501. The molecule has 0 saturated carbocycles. The second-order valence-electron chi connectivity index (χ2n) is 4.93. The van der Waals surface area contributed by atoms with Gasteiger partial charge < -0.3 is 5.32 Å².